The molecule has 106 valence electrons. The highest BCUT2D eigenvalue weighted by molar-refractivity contribution is 5.50. The summed E-state index contributed by atoms with van der Waals surface area (Å²) < 4.78 is 5.67. The van der Waals surface area contributed by atoms with E-state index in [0.717, 1.165) is 31.9 Å². The second-order valence-corrected chi connectivity index (χ2v) is 4.83. The molecule has 1 aromatic heterocycles. The summed E-state index contributed by atoms with van der Waals surface area (Å²) in [5.41, 5.74) is 1.74. The Labute approximate surface area is 123 Å². The summed E-state index contributed by atoms with van der Waals surface area (Å²) in [6.45, 7) is 4.07. The lowest BCUT2D eigenvalue weighted by molar-refractivity contribution is 0.462. The smallest absolute Gasteiger partial charge is 0.220 e. The fourth-order valence-corrected chi connectivity index (χ4v) is 2.30. The minimum Gasteiger partial charge on any atom is -0.439 e. The van der Waals surface area contributed by atoms with E-state index in [9.17, 15) is 0 Å². The van der Waals surface area contributed by atoms with Crippen LogP contribution in [0.15, 0.2) is 42.6 Å². The minimum atomic E-state index is 0.434. The molecule has 3 rings (SSSR count). The molecule has 0 saturated carbocycles. The molecule has 1 N–H and O–H groups in total. The van der Waals surface area contributed by atoms with E-state index < -0.39 is 0 Å². The van der Waals surface area contributed by atoms with Gasteiger partial charge in [-0.2, -0.15) is 5.26 Å². The number of hydrogen-bond acceptors (Lipinski definition) is 5. The van der Waals surface area contributed by atoms with Crippen molar-refractivity contribution in [3.05, 3.63) is 48.2 Å². The van der Waals surface area contributed by atoms with Crippen LogP contribution in [0.3, 0.4) is 0 Å². The zero-order chi connectivity index (χ0) is 14.5. The fraction of sp³-hybridized carbons (Fsp3) is 0.250. The van der Waals surface area contributed by atoms with Crippen molar-refractivity contribution in [2.75, 3.05) is 31.1 Å². The normalized spacial score (nSPS) is 14.5. The first-order chi connectivity index (χ1) is 10.3. The van der Waals surface area contributed by atoms with E-state index in [-0.39, 0.29) is 0 Å². The first-order valence-electron chi connectivity index (χ1n) is 6.95. The van der Waals surface area contributed by atoms with Crippen molar-refractivity contribution in [1.29, 1.82) is 5.26 Å². The third-order valence-corrected chi connectivity index (χ3v) is 3.41. The van der Waals surface area contributed by atoms with Crippen LogP contribution in [-0.2, 0) is 0 Å². The average molecular weight is 280 g/mol. The molecule has 1 aromatic carbocycles. The molecule has 0 amide bonds. The van der Waals surface area contributed by atoms with Crippen molar-refractivity contribution >= 4 is 5.69 Å². The molecule has 1 aliphatic heterocycles. The number of pyridine rings is 1. The van der Waals surface area contributed by atoms with Gasteiger partial charge in [-0.25, -0.2) is 4.98 Å². The van der Waals surface area contributed by atoms with E-state index in [1.807, 2.05) is 12.1 Å². The Morgan fingerprint density at radius 2 is 1.90 bits per heavy atom. The molecule has 0 spiro atoms. The van der Waals surface area contributed by atoms with Crippen molar-refractivity contribution in [1.82, 2.24) is 10.3 Å². The number of nitriles is 1. The third kappa shape index (κ3) is 3.30. The summed E-state index contributed by atoms with van der Waals surface area (Å²) in [5.74, 6) is 1.15. The third-order valence-electron chi connectivity index (χ3n) is 3.41. The number of ether oxygens (including phenoxy) is 1. The van der Waals surface area contributed by atoms with Gasteiger partial charge in [-0.1, -0.05) is 0 Å². The fourth-order valence-electron chi connectivity index (χ4n) is 2.30. The van der Waals surface area contributed by atoms with Crippen molar-refractivity contribution < 1.29 is 4.74 Å². The summed E-state index contributed by atoms with van der Waals surface area (Å²) in [4.78, 5) is 6.44. The lowest BCUT2D eigenvalue weighted by Gasteiger charge is -2.29. The molecule has 0 unspecified atom stereocenters. The van der Waals surface area contributed by atoms with Crippen LogP contribution in [0, 0.1) is 11.3 Å². The molecule has 0 atom stereocenters. The number of rotatable bonds is 3. The molecule has 1 fully saturated rings. The quantitative estimate of drug-likeness (QED) is 0.933. The van der Waals surface area contributed by atoms with E-state index in [4.69, 9.17) is 10.00 Å². The van der Waals surface area contributed by atoms with Crippen LogP contribution in [0.1, 0.15) is 5.56 Å². The molecular weight excluding hydrogens is 264 g/mol. The maximum absolute atomic E-state index is 8.86. The van der Waals surface area contributed by atoms with Gasteiger partial charge < -0.3 is 15.0 Å². The molecule has 1 aliphatic rings. The standard InChI is InChI=1S/C16H16N4O/c17-12-13-5-6-19-16(11-13)21-15-3-1-14(2-4-15)20-9-7-18-8-10-20/h1-6,11,18H,7-10H2. The van der Waals surface area contributed by atoms with Gasteiger partial charge in [0.05, 0.1) is 11.6 Å². The Morgan fingerprint density at radius 3 is 2.62 bits per heavy atom. The van der Waals surface area contributed by atoms with Crippen LogP contribution < -0.4 is 15.0 Å². The Balaban J connectivity index is 1.70. The van der Waals surface area contributed by atoms with Crippen molar-refractivity contribution in [2.45, 2.75) is 0 Å². The van der Waals surface area contributed by atoms with Crippen LogP contribution >= 0.6 is 0 Å². The van der Waals surface area contributed by atoms with Gasteiger partial charge in [-0.15, -0.1) is 0 Å². The van der Waals surface area contributed by atoms with Crippen LogP contribution in [0.2, 0.25) is 0 Å². The molecule has 21 heavy (non-hydrogen) atoms. The van der Waals surface area contributed by atoms with Crippen LogP contribution in [0.5, 0.6) is 11.6 Å². The van der Waals surface area contributed by atoms with Crippen molar-refractivity contribution in [3.8, 4) is 17.7 Å². The van der Waals surface area contributed by atoms with E-state index in [1.165, 1.54) is 5.69 Å². The Kier molecular flexibility index (Phi) is 3.99. The number of benzene rings is 1. The number of anilines is 1. The highest BCUT2D eigenvalue weighted by atomic mass is 16.5. The second kappa shape index (κ2) is 6.25. The molecule has 0 radical (unpaired) electrons. The van der Waals surface area contributed by atoms with Crippen LogP contribution in [0.25, 0.3) is 0 Å². The number of nitrogens with zero attached hydrogens (tertiary/aromatic N) is 3. The zero-order valence-electron chi connectivity index (χ0n) is 11.6. The first-order valence-corrected chi connectivity index (χ1v) is 6.95. The largest absolute Gasteiger partial charge is 0.439 e. The minimum absolute atomic E-state index is 0.434. The number of piperazine rings is 1. The summed E-state index contributed by atoms with van der Waals surface area (Å²) >= 11 is 0. The van der Waals surface area contributed by atoms with E-state index in [0.29, 0.717) is 11.4 Å². The molecule has 0 aliphatic carbocycles. The monoisotopic (exact) mass is 280 g/mol. The predicted molar refractivity (Wildman–Crippen MR) is 80.6 cm³/mol. The topological polar surface area (TPSA) is 61.2 Å². The van der Waals surface area contributed by atoms with Gasteiger partial charge in [0, 0.05) is 44.1 Å². The molecule has 2 heterocycles. The van der Waals surface area contributed by atoms with Gasteiger partial charge in [-0.3, -0.25) is 0 Å². The maximum atomic E-state index is 8.86. The Bertz CT molecular complexity index is 642. The highest BCUT2D eigenvalue weighted by Gasteiger charge is 2.10. The molecule has 1 saturated heterocycles. The maximum Gasteiger partial charge on any atom is 0.220 e. The molecular formula is C16H16N4O. The van der Waals surface area contributed by atoms with Crippen molar-refractivity contribution in [3.63, 3.8) is 0 Å². The SMILES string of the molecule is N#Cc1ccnc(Oc2ccc(N3CCNCC3)cc2)c1. The Morgan fingerprint density at radius 1 is 1.14 bits per heavy atom. The first kappa shape index (κ1) is 13.4. The molecule has 5 heteroatoms. The van der Waals surface area contributed by atoms with E-state index in [1.54, 1.807) is 18.3 Å². The molecule has 2 aromatic rings. The summed E-state index contributed by atoms with van der Waals surface area (Å²) in [6.07, 6.45) is 1.57. The van der Waals surface area contributed by atoms with Gasteiger partial charge in [0.1, 0.15) is 5.75 Å². The highest BCUT2D eigenvalue weighted by Crippen LogP contribution is 2.23. The second-order valence-electron chi connectivity index (χ2n) is 4.83. The van der Waals surface area contributed by atoms with Gasteiger partial charge in [0.15, 0.2) is 0 Å². The summed E-state index contributed by atoms with van der Waals surface area (Å²) in [5, 5.41) is 12.2. The molecule has 5 nitrogen and oxygen atoms in total. The van der Waals surface area contributed by atoms with Crippen molar-refractivity contribution in [2.24, 2.45) is 0 Å². The lowest BCUT2D eigenvalue weighted by Crippen LogP contribution is -2.43. The number of aromatic nitrogens is 1. The van der Waals surface area contributed by atoms with Gasteiger partial charge in [-0.05, 0) is 30.3 Å². The van der Waals surface area contributed by atoms with E-state index in [2.05, 4.69) is 33.4 Å². The zero-order valence-corrected chi connectivity index (χ0v) is 11.6. The summed E-state index contributed by atoms with van der Waals surface area (Å²) in [6, 6.07) is 13.3. The van der Waals surface area contributed by atoms with Gasteiger partial charge in [0.25, 0.3) is 0 Å². The summed E-state index contributed by atoms with van der Waals surface area (Å²) in [7, 11) is 0. The predicted octanol–water partition coefficient (Wildman–Crippen LogP) is 2.16. The van der Waals surface area contributed by atoms with Gasteiger partial charge >= 0.3 is 0 Å². The number of hydrogen-bond donors (Lipinski definition) is 1. The average Bonchev–Trinajstić information content (AvgIpc) is 2.56. The number of nitrogens with one attached hydrogen (secondary N) is 1. The molecule has 0 bridgehead atoms. The van der Waals surface area contributed by atoms with Crippen LogP contribution in [-0.4, -0.2) is 31.2 Å². The Hall–Kier alpha value is -2.58. The van der Waals surface area contributed by atoms with Crippen LogP contribution in [0.4, 0.5) is 5.69 Å². The van der Waals surface area contributed by atoms with E-state index >= 15 is 0 Å². The lowest BCUT2D eigenvalue weighted by atomic mass is 10.2. The van der Waals surface area contributed by atoms with Gasteiger partial charge in [0.2, 0.25) is 5.88 Å².